The van der Waals surface area contributed by atoms with E-state index in [1.54, 1.807) is 6.07 Å². The summed E-state index contributed by atoms with van der Waals surface area (Å²) in [6.07, 6.45) is 1.91. The van der Waals surface area contributed by atoms with Gasteiger partial charge in [0.1, 0.15) is 17.9 Å². The Hall–Kier alpha value is -2.31. The Morgan fingerprint density at radius 1 is 1.00 bits per heavy atom. The Bertz CT molecular complexity index is 847. The van der Waals surface area contributed by atoms with Crippen LogP contribution in [-0.2, 0) is 20.7 Å². The topological polar surface area (TPSA) is 54.0 Å². The van der Waals surface area contributed by atoms with Gasteiger partial charge in [0.15, 0.2) is 0 Å². The van der Waals surface area contributed by atoms with Crippen LogP contribution in [0.1, 0.15) is 63.4 Å². The Labute approximate surface area is 179 Å². The third-order valence-corrected chi connectivity index (χ3v) is 5.72. The minimum atomic E-state index is -0.516. The molecule has 0 bridgehead atoms. The lowest BCUT2D eigenvalue weighted by atomic mass is 9.78. The van der Waals surface area contributed by atoms with Crippen LogP contribution in [0.2, 0.25) is 0 Å². The van der Waals surface area contributed by atoms with Crippen molar-refractivity contribution >= 4 is 18.6 Å². The van der Waals surface area contributed by atoms with Gasteiger partial charge >= 0.3 is 13.1 Å². The monoisotopic (exact) mass is 410 g/mol. The molecule has 30 heavy (non-hydrogen) atoms. The van der Waals surface area contributed by atoms with Crippen molar-refractivity contribution in [3.05, 3.63) is 59.7 Å². The second kappa shape index (κ2) is 9.23. The summed E-state index contributed by atoms with van der Waals surface area (Å²) in [5.74, 6) is 0.0829. The van der Waals surface area contributed by atoms with Crippen molar-refractivity contribution in [2.24, 2.45) is 0 Å². The first kappa shape index (κ1) is 22.4. The van der Waals surface area contributed by atoms with Crippen molar-refractivity contribution in [1.29, 1.82) is 0 Å². The summed E-state index contributed by atoms with van der Waals surface area (Å²) < 4.78 is 23.7. The highest BCUT2D eigenvalue weighted by Gasteiger charge is 2.51. The number of carbonyl (C=O) groups is 1. The van der Waals surface area contributed by atoms with Gasteiger partial charge in [-0.05, 0) is 57.3 Å². The molecule has 2 aromatic carbocycles. The number of rotatable bonds is 8. The average molecular weight is 410 g/mol. The second-order valence-electron chi connectivity index (χ2n) is 8.61. The number of hydrogen-bond acceptors (Lipinski definition) is 5. The first-order valence-electron chi connectivity index (χ1n) is 10.6. The normalized spacial score (nSPS) is 17.0. The molecule has 0 atom stereocenters. The summed E-state index contributed by atoms with van der Waals surface area (Å²) >= 11 is 0. The molecule has 160 valence electrons. The lowest BCUT2D eigenvalue weighted by Gasteiger charge is -2.32. The molecule has 1 heterocycles. The van der Waals surface area contributed by atoms with Crippen molar-refractivity contribution < 1.29 is 23.6 Å². The molecule has 1 saturated heterocycles. The van der Waals surface area contributed by atoms with E-state index in [1.807, 2.05) is 70.2 Å². The lowest BCUT2D eigenvalue weighted by Crippen LogP contribution is -2.41. The molecule has 2 aromatic rings. The molecule has 0 unspecified atom stereocenters. The van der Waals surface area contributed by atoms with Crippen molar-refractivity contribution in [3.63, 3.8) is 0 Å². The molecule has 0 radical (unpaired) electrons. The second-order valence-corrected chi connectivity index (χ2v) is 8.61. The smallest absolute Gasteiger partial charge is 0.493 e. The number of esters is 1. The van der Waals surface area contributed by atoms with E-state index in [2.05, 4.69) is 6.92 Å². The molecule has 5 nitrogen and oxygen atoms in total. The van der Waals surface area contributed by atoms with Crippen molar-refractivity contribution in [2.75, 3.05) is 6.61 Å². The van der Waals surface area contributed by atoms with Gasteiger partial charge in [-0.15, -0.1) is 0 Å². The number of ether oxygens (including phenoxy) is 2. The molecule has 0 amide bonds. The molecule has 1 fully saturated rings. The summed E-state index contributed by atoms with van der Waals surface area (Å²) in [5.41, 5.74) is 1.29. The Morgan fingerprint density at radius 2 is 1.67 bits per heavy atom. The highest BCUT2D eigenvalue weighted by molar-refractivity contribution is 6.62. The Balaban J connectivity index is 1.79. The lowest BCUT2D eigenvalue weighted by molar-refractivity contribution is 0.00578. The molecule has 0 N–H and O–H groups in total. The number of unbranched alkanes of at least 4 members (excludes halogenated alkanes) is 1. The van der Waals surface area contributed by atoms with Crippen LogP contribution in [0.5, 0.6) is 5.75 Å². The first-order chi connectivity index (χ1) is 14.2. The molecule has 1 aliphatic rings. The van der Waals surface area contributed by atoms with Gasteiger partial charge in [-0.25, -0.2) is 4.79 Å². The molecule has 3 rings (SSSR count). The quantitative estimate of drug-likeness (QED) is 0.364. The third-order valence-electron chi connectivity index (χ3n) is 5.72. The minimum absolute atomic E-state index is 0.215. The van der Waals surface area contributed by atoms with Crippen LogP contribution >= 0.6 is 0 Å². The van der Waals surface area contributed by atoms with Crippen LogP contribution in [0.15, 0.2) is 48.5 Å². The average Bonchev–Trinajstić information content (AvgIpc) is 2.94. The number of hydrogen-bond donors (Lipinski definition) is 0. The predicted molar refractivity (Wildman–Crippen MR) is 118 cm³/mol. The van der Waals surface area contributed by atoms with Crippen LogP contribution in [-0.4, -0.2) is 30.9 Å². The molecule has 0 aromatic heterocycles. The van der Waals surface area contributed by atoms with Gasteiger partial charge in [-0.3, -0.25) is 0 Å². The maximum atomic E-state index is 12.7. The number of benzene rings is 2. The summed E-state index contributed by atoms with van der Waals surface area (Å²) in [6, 6.07) is 15.0. The van der Waals surface area contributed by atoms with E-state index in [-0.39, 0.29) is 6.61 Å². The molecule has 0 aliphatic carbocycles. The number of carbonyl (C=O) groups excluding carboxylic acids is 1. The minimum Gasteiger partial charge on any atom is -0.493 e. The largest absolute Gasteiger partial charge is 0.494 e. The summed E-state index contributed by atoms with van der Waals surface area (Å²) in [6.45, 7) is 10.9. The van der Waals surface area contributed by atoms with Gasteiger partial charge < -0.3 is 18.8 Å². The van der Waals surface area contributed by atoms with Crippen LogP contribution in [0, 0.1) is 0 Å². The van der Waals surface area contributed by atoms with Crippen molar-refractivity contribution in [3.8, 4) is 5.75 Å². The molecule has 0 spiro atoms. The summed E-state index contributed by atoms with van der Waals surface area (Å²) in [7, 11) is -0.516. The zero-order valence-electron chi connectivity index (χ0n) is 18.6. The van der Waals surface area contributed by atoms with Crippen molar-refractivity contribution in [1.82, 2.24) is 0 Å². The van der Waals surface area contributed by atoms with Gasteiger partial charge in [0.2, 0.25) is 0 Å². The van der Waals surface area contributed by atoms with Crippen LogP contribution in [0.25, 0.3) is 0 Å². The fraction of sp³-hybridized carbons (Fsp3) is 0.458. The van der Waals surface area contributed by atoms with Gasteiger partial charge in [0, 0.05) is 0 Å². The molecular formula is C24H31BO5. The summed E-state index contributed by atoms with van der Waals surface area (Å²) in [4.78, 5) is 12.7. The highest BCUT2D eigenvalue weighted by atomic mass is 16.7. The molecule has 1 aliphatic heterocycles. The Morgan fingerprint density at radius 3 is 2.30 bits per heavy atom. The van der Waals surface area contributed by atoms with Gasteiger partial charge in [0.05, 0.1) is 17.8 Å². The van der Waals surface area contributed by atoms with E-state index in [4.69, 9.17) is 18.8 Å². The van der Waals surface area contributed by atoms with E-state index in [1.165, 1.54) is 0 Å². The zero-order chi connectivity index (χ0) is 21.8. The highest BCUT2D eigenvalue weighted by Crippen LogP contribution is 2.36. The van der Waals surface area contributed by atoms with Crippen LogP contribution in [0.4, 0.5) is 0 Å². The molecule has 0 saturated carbocycles. The maximum Gasteiger partial charge on any atom is 0.494 e. The van der Waals surface area contributed by atoms with E-state index in [0.717, 1.165) is 23.9 Å². The standard InChI is InChI=1S/C24H31BO5/c1-6-7-15-27-21-16-19(25-29-23(2,3)24(4,5)30-25)13-14-20(21)22(26)28-17-18-11-9-8-10-12-18/h8-14,16H,6-7,15,17H2,1-5H3. The molecule has 6 heteroatoms. The Kier molecular flexibility index (Phi) is 6.89. The first-order valence-corrected chi connectivity index (χ1v) is 10.6. The van der Waals surface area contributed by atoms with E-state index < -0.39 is 24.3 Å². The predicted octanol–water partition coefficient (Wildman–Crippen LogP) is 4.52. The van der Waals surface area contributed by atoms with Crippen LogP contribution < -0.4 is 10.2 Å². The van der Waals surface area contributed by atoms with Crippen molar-refractivity contribution in [2.45, 2.75) is 65.3 Å². The van der Waals surface area contributed by atoms with E-state index in [0.29, 0.717) is 17.9 Å². The third kappa shape index (κ3) is 5.05. The fourth-order valence-corrected chi connectivity index (χ4v) is 3.08. The summed E-state index contributed by atoms with van der Waals surface area (Å²) in [5, 5.41) is 0. The fourth-order valence-electron chi connectivity index (χ4n) is 3.08. The SMILES string of the molecule is CCCCOc1cc(B2OC(C)(C)C(C)(C)O2)ccc1C(=O)OCc1ccccc1. The van der Waals surface area contributed by atoms with Gasteiger partial charge in [-0.2, -0.15) is 0 Å². The van der Waals surface area contributed by atoms with E-state index >= 15 is 0 Å². The van der Waals surface area contributed by atoms with Crippen LogP contribution in [0.3, 0.4) is 0 Å². The van der Waals surface area contributed by atoms with Gasteiger partial charge in [0.25, 0.3) is 0 Å². The van der Waals surface area contributed by atoms with Gasteiger partial charge in [-0.1, -0.05) is 49.7 Å². The zero-order valence-corrected chi connectivity index (χ0v) is 18.6. The maximum absolute atomic E-state index is 12.7. The van der Waals surface area contributed by atoms with E-state index in [9.17, 15) is 4.79 Å². The molecular weight excluding hydrogens is 379 g/mol.